The lowest BCUT2D eigenvalue weighted by Gasteiger charge is -2.53. The van der Waals surface area contributed by atoms with Crippen LogP contribution in [-0.4, -0.2) is 17.8 Å². The molecule has 56 heavy (non-hydrogen) atoms. The number of fused-ring (bicyclic) bond motifs is 10. The Morgan fingerprint density at radius 2 is 1.16 bits per heavy atom. The third-order valence-electron chi connectivity index (χ3n) is 16.6. The molecule has 0 bridgehead atoms. The second-order valence-electron chi connectivity index (χ2n) is 20.6. The molecule has 3 nitrogen and oxygen atoms in total. The lowest BCUT2D eigenvalue weighted by Crippen LogP contribution is -2.64. The summed E-state index contributed by atoms with van der Waals surface area (Å²) in [5.74, 6) is 0. The van der Waals surface area contributed by atoms with Gasteiger partial charge >= 0.3 is 0 Å². The summed E-state index contributed by atoms with van der Waals surface area (Å²) in [4.78, 5) is 8.38. The van der Waals surface area contributed by atoms with Gasteiger partial charge in [-0.1, -0.05) is 126 Å². The minimum absolute atomic E-state index is 0.0175. The summed E-state index contributed by atoms with van der Waals surface area (Å²) >= 11 is 0. The van der Waals surface area contributed by atoms with Crippen molar-refractivity contribution in [2.75, 3.05) is 14.7 Å². The first-order chi connectivity index (χ1) is 26.7. The summed E-state index contributed by atoms with van der Waals surface area (Å²) in [6, 6.07) is 36.7. The first-order valence-electron chi connectivity index (χ1n) is 21.7. The number of rotatable bonds is 2. The van der Waals surface area contributed by atoms with Crippen molar-refractivity contribution < 1.29 is 0 Å². The molecule has 0 aromatic heterocycles. The van der Waals surface area contributed by atoms with Crippen LogP contribution in [-0.2, 0) is 16.2 Å². The molecule has 4 unspecified atom stereocenters. The lowest BCUT2D eigenvalue weighted by atomic mass is 9.33. The van der Waals surface area contributed by atoms with Crippen LogP contribution in [0.2, 0.25) is 0 Å². The summed E-state index contributed by atoms with van der Waals surface area (Å²) in [7, 11) is 0. The Bertz CT molecular complexity index is 2490. The van der Waals surface area contributed by atoms with Crippen LogP contribution in [0.15, 0.2) is 91.0 Å². The van der Waals surface area contributed by atoms with Crippen molar-refractivity contribution in [2.45, 2.75) is 141 Å². The normalized spacial score (nSPS) is 28.0. The largest absolute Gasteiger partial charge is 0.335 e. The van der Waals surface area contributed by atoms with Gasteiger partial charge in [-0.2, -0.15) is 0 Å². The molecule has 0 radical (unpaired) electrons. The first kappa shape index (κ1) is 34.8. The van der Waals surface area contributed by atoms with Gasteiger partial charge in [-0.25, -0.2) is 0 Å². The van der Waals surface area contributed by atoms with E-state index in [9.17, 15) is 0 Å². The smallest absolute Gasteiger partial charge is 0.252 e. The maximum absolute atomic E-state index is 2.91. The topological polar surface area (TPSA) is 9.72 Å². The van der Waals surface area contributed by atoms with Crippen molar-refractivity contribution >= 4 is 62.9 Å². The van der Waals surface area contributed by atoms with Gasteiger partial charge in [0.1, 0.15) is 0 Å². The molecule has 0 saturated heterocycles. The van der Waals surface area contributed by atoms with E-state index in [1.807, 2.05) is 0 Å². The van der Waals surface area contributed by atoms with Gasteiger partial charge in [0, 0.05) is 50.6 Å². The standard InChI is InChI=1S/C52H58BN3/c1-33-17-21-36(22-18-33)54-43-23-19-34(2)29-41(43)53-40-16-14-15-38-47(40)56(52(9)28-13-10-25-49(38,52)6)45-32-37(31-44(54)46(45)53)55-42-24-20-35(48(3,4)5)30-39(42)50(7)26-11-12-27-51(50,55)8/h14-24,29-32H,10-13,25-28H2,1-9H3. The minimum atomic E-state index is -0.0468. The Labute approximate surface area is 336 Å². The van der Waals surface area contributed by atoms with Crippen LogP contribution >= 0.6 is 0 Å². The zero-order valence-corrected chi connectivity index (χ0v) is 35.2. The molecule has 4 heteroatoms. The van der Waals surface area contributed by atoms with E-state index < -0.39 is 0 Å². The minimum Gasteiger partial charge on any atom is -0.335 e. The molecule has 0 amide bonds. The van der Waals surface area contributed by atoms with Gasteiger partial charge in [-0.15, -0.1) is 0 Å². The van der Waals surface area contributed by atoms with E-state index in [1.54, 1.807) is 11.1 Å². The predicted octanol–water partition coefficient (Wildman–Crippen LogP) is 11.7. The maximum Gasteiger partial charge on any atom is 0.252 e. The highest BCUT2D eigenvalue weighted by Gasteiger charge is 2.62. The quantitative estimate of drug-likeness (QED) is 0.164. The molecule has 6 aliphatic rings. The van der Waals surface area contributed by atoms with E-state index in [0.717, 1.165) is 0 Å². The number of benzene rings is 5. The van der Waals surface area contributed by atoms with Gasteiger partial charge in [-0.05, 0) is 128 Å². The molecule has 4 aliphatic heterocycles. The molecule has 4 atom stereocenters. The first-order valence-corrected chi connectivity index (χ1v) is 21.7. The fraction of sp³-hybridized carbons (Fsp3) is 0.423. The highest BCUT2D eigenvalue weighted by Crippen LogP contribution is 2.64. The van der Waals surface area contributed by atoms with Gasteiger partial charge in [-0.3, -0.25) is 0 Å². The number of hydrogen-bond acceptors (Lipinski definition) is 3. The van der Waals surface area contributed by atoms with Crippen LogP contribution in [0, 0.1) is 13.8 Å². The summed E-state index contributed by atoms with van der Waals surface area (Å²) in [6.45, 7) is 22.2. The Balaban J connectivity index is 1.25. The van der Waals surface area contributed by atoms with Crippen molar-refractivity contribution in [1.29, 1.82) is 0 Å². The number of para-hydroxylation sites is 1. The molecule has 5 aromatic carbocycles. The molecule has 11 rings (SSSR count). The van der Waals surface area contributed by atoms with Crippen LogP contribution in [0.4, 0.5) is 39.8 Å². The molecule has 0 N–H and O–H groups in total. The van der Waals surface area contributed by atoms with Crippen molar-refractivity contribution in [3.8, 4) is 0 Å². The summed E-state index contributed by atoms with van der Waals surface area (Å²) in [6.07, 6.45) is 9.99. The molecule has 4 heterocycles. The third kappa shape index (κ3) is 4.16. The van der Waals surface area contributed by atoms with Crippen LogP contribution < -0.4 is 31.1 Å². The van der Waals surface area contributed by atoms with Crippen LogP contribution in [0.25, 0.3) is 0 Å². The summed E-state index contributed by atoms with van der Waals surface area (Å²) < 4.78 is 0. The van der Waals surface area contributed by atoms with Gasteiger partial charge in [0.25, 0.3) is 6.71 Å². The number of anilines is 7. The maximum atomic E-state index is 2.91. The van der Waals surface area contributed by atoms with E-state index >= 15 is 0 Å². The van der Waals surface area contributed by atoms with Crippen molar-refractivity contribution in [3.05, 3.63) is 119 Å². The molecular formula is C52H58BN3. The fourth-order valence-electron chi connectivity index (χ4n) is 13.1. The monoisotopic (exact) mass is 735 g/mol. The third-order valence-corrected chi connectivity index (χ3v) is 16.6. The second kappa shape index (κ2) is 11.1. The summed E-state index contributed by atoms with van der Waals surface area (Å²) in [5.41, 5.74) is 21.3. The van der Waals surface area contributed by atoms with E-state index in [-0.39, 0.29) is 34.0 Å². The summed E-state index contributed by atoms with van der Waals surface area (Å²) in [5, 5.41) is 0. The van der Waals surface area contributed by atoms with Crippen molar-refractivity contribution in [3.63, 3.8) is 0 Å². The van der Waals surface area contributed by atoms with Gasteiger partial charge in [0.15, 0.2) is 0 Å². The van der Waals surface area contributed by atoms with Crippen LogP contribution in [0.3, 0.4) is 0 Å². The molecule has 284 valence electrons. The van der Waals surface area contributed by atoms with E-state index in [0.29, 0.717) is 0 Å². The zero-order valence-electron chi connectivity index (χ0n) is 35.2. The van der Waals surface area contributed by atoms with Gasteiger partial charge in [0.05, 0.1) is 11.1 Å². The van der Waals surface area contributed by atoms with E-state index in [1.165, 1.54) is 124 Å². The molecule has 2 aliphatic carbocycles. The SMILES string of the molecule is Cc1ccc(N2c3ccc(C)cc3B3c4cccc5c4N(c4cc(N6c7ccc(C(C)(C)C)cc7C7(C)CCCCC67C)cc2c43)C2(C)CCCCC52C)cc1. The number of aryl methyl sites for hydroxylation is 2. The highest BCUT2D eigenvalue weighted by atomic mass is 15.3. The average Bonchev–Trinajstić information content (AvgIpc) is 3.52. The Morgan fingerprint density at radius 1 is 0.536 bits per heavy atom. The van der Waals surface area contributed by atoms with Crippen LogP contribution in [0.5, 0.6) is 0 Å². The van der Waals surface area contributed by atoms with Gasteiger partial charge < -0.3 is 14.7 Å². The zero-order chi connectivity index (χ0) is 38.7. The second-order valence-corrected chi connectivity index (χ2v) is 20.6. The number of nitrogens with zero attached hydrogens (tertiary/aromatic N) is 3. The van der Waals surface area contributed by atoms with Crippen LogP contribution in [0.1, 0.15) is 128 Å². The Kier molecular flexibility index (Phi) is 6.92. The van der Waals surface area contributed by atoms with Crippen molar-refractivity contribution in [1.82, 2.24) is 0 Å². The Hall–Kier alpha value is -4.44. The Morgan fingerprint density at radius 3 is 1.88 bits per heavy atom. The number of hydrogen-bond donors (Lipinski definition) is 0. The fourth-order valence-corrected chi connectivity index (χ4v) is 13.1. The molecule has 2 fully saturated rings. The van der Waals surface area contributed by atoms with E-state index in [4.69, 9.17) is 0 Å². The predicted molar refractivity (Wildman–Crippen MR) is 240 cm³/mol. The van der Waals surface area contributed by atoms with Crippen molar-refractivity contribution in [2.24, 2.45) is 0 Å². The van der Waals surface area contributed by atoms with Gasteiger partial charge in [0.2, 0.25) is 0 Å². The average molecular weight is 736 g/mol. The molecular weight excluding hydrogens is 677 g/mol. The molecule has 5 aromatic rings. The lowest BCUT2D eigenvalue weighted by molar-refractivity contribution is 0.194. The molecule has 0 spiro atoms. The molecule has 2 saturated carbocycles. The highest BCUT2D eigenvalue weighted by molar-refractivity contribution is 7.00. The van der Waals surface area contributed by atoms with E-state index in [2.05, 4.69) is 168 Å².